The van der Waals surface area contributed by atoms with Gasteiger partial charge in [-0.25, -0.2) is 23.4 Å². The lowest BCUT2D eigenvalue weighted by atomic mass is 10.1. The highest BCUT2D eigenvalue weighted by atomic mass is 127. The van der Waals surface area contributed by atoms with Gasteiger partial charge in [-0.15, -0.1) is 11.6 Å². The Hall–Kier alpha value is 1.08. The van der Waals surface area contributed by atoms with Crippen molar-refractivity contribution in [3.8, 4) is 0 Å². The zero-order chi connectivity index (χ0) is 68.7. The van der Waals surface area contributed by atoms with Crippen molar-refractivity contribution in [2.45, 2.75) is 12.4 Å². The third kappa shape index (κ3) is 25.2. The zero-order valence-corrected chi connectivity index (χ0v) is 73.6. The van der Waals surface area contributed by atoms with Crippen LogP contribution in [0.15, 0.2) is 97.8 Å². The molecule has 0 atom stereocenters. The van der Waals surface area contributed by atoms with E-state index in [0.717, 1.165) is 23.2 Å². The Labute approximate surface area is 566 Å². The standard InChI is InChI=1S/C27H63N11P5.C18H55N11P5.C9H9Cl.HI/c1-20-26-21-23-27(24-22-26)25-38(14)43(36(10)11,37(12)13)31-42(28-39(15,16)17,29-40(18,32(2)3)33(4)5)30-41(19,34(6)7)35(8)9;1-19-34(28(10)11,29(12)13)23-33(20-30(14,15)16,21-31(17,24(2)3)25(4)5)22-32(18,26(6)7)27(8)9;1-2-8-3-5-9(7-10)6-4-8;/h20-24H,1,25H2,2-19H3;19H,1-18H3;2-6H,1,7H2;1H/q2*+1;;/p-1. The molecule has 22 nitrogen and oxygen atoms in total. The normalized spacial score (nSPS) is 13.6. The molecule has 0 spiro atoms. The van der Waals surface area contributed by atoms with E-state index in [1.807, 2.05) is 43.5 Å². The van der Waals surface area contributed by atoms with Gasteiger partial charge in [0.05, 0.1) is 0 Å². The average Bonchev–Trinajstić information content (AvgIpc) is 3.38. The molecule has 0 aliphatic heterocycles. The van der Waals surface area contributed by atoms with Gasteiger partial charge in [0.2, 0.25) is 15.0 Å². The number of alkyl halides is 1. The van der Waals surface area contributed by atoms with Gasteiger partial charge < -0.3 is 24.0 Å². The number of benzene rings is 2. The monoisotopic (exact) mass is 1560 g/mol. The molecule has 0 aliphatic rings. The minimum absolute atomic E-state index is 0. The molecule has 2 aromatic carbocycles. The fourth-order valence-electron chi connectivity index (χ4n) is 8.26. The lowest BCUT2D eigenvalue weighted by Crippen LogP contribution is -3.00. The summed E-state index contributed by atoms with van der Waals surface area (Å²) >= 11 is 5.60. The molecule has 2 rings (SSSR count). The molecule has 0 bridgehead atoms. The van der Waals surface area contributed by atoms with Gasteiger partial charge in [-0.3, -0.25) is 42.5 Å². The minimum Gasteiger partial charge on any atom is -1.00 e. The molecule has 0 radical (unpaired) electrons. The predicted molar refractivity (Wildman–Crippen MR) is 415 cm³/mol. The molecular formula is C54H127ClIN22P10+. The van der Waals surface area contributed by atoms with Crippen LogP contribution in [-0.4, -0.2) is 311 Å². The molecule has 516 valence electrons. The summed E-state index contributed by atoms with van der Waals surface area (Å²) in [4.78, 5) is 0. The van der Waals surface area contributed by atoms with Gasteiger partial charge >= 0.3 is 15.7 Å². The van der Waals surface area contributed by atoms with Gasteiger partial charge in [-0.05, 0) is 273 Å². The topological polar surface area (TPSA) is 153 Å². The second kappa shape index (κ2) is 37.7. The van der Waals surface area contributed by atoms with Crippen LogP contribution in [0.25, 0.3) is 12.2 Å². The number of nitrogens with zero attached hydrogens (tertiary/aromatic N) is 21. The molecular weight excluding hydrogens is 1430 g/mol. The lowest BCUT2D eigenvalue weighted by molar-refractivity contribution is -0.0000211. The van der Waals surface area contributed by atoms with Gasteiger partial charge in [0.25, 0.3) is 0 Å². The third-order valence-electron chi connectivity index (χ3n) is 14.4. The van der Waals surface area contributed by atoms with Gasteiger partial charge in [0, 0.05) is 53.2 Å². The third-order valence-corrected chi connectivity index (χ3v) is 52.2. The molecule has 0 aliphatic carbocycles. The first kappa shape index (κ1) is 91.1. The first-order valence-corrected chi connectivity index (χ1v) is 50.0. The van der Waals surface area contributed by atoms with Crippen molar-refractivity contribution < 1.29 is 24.0 Å². The minimum atomic E-state index is -3.08. The van der Waals surface area contributed by atoms with Gasteiger partial charge in [-0.1, -0.05) is 82.9 Å². The highest BCUT2D eigenvalue weighted by Gasteiger charge is 2.53. The number of rotatable bonds is 27. The Morgan fingerprint density at radius 2 is 0.625 bits per heavy atom. The molecule has 0 unspecified atom stereocenters. The number of halogens is 2. The van der Waals surface area contributed by atoms with Crippen molar-refractivity contribution in [1.82, 2.24) is 65.8 Å². The Bertz CT molecular complexity index is 2840. The van der Waals surface area contributed by atoms with Crippen LogP contribution in [0.2, 0.25) is 0 Å². The van der Waals surface area contributed by atoms with Gasteiger partial charge in [0.15, 0.2) is 0 Å². The maximum absolute atomic E-state index is 6.01. The molecule has 0 amide bonds. The molecule has 1 N–H and O–H groups in total. The van der Waals surface area contributed by atoms with Gasteiger partial charge in [-0.2, -0.15) is 0 Å². The maximum Gasteiger partial charge on any atom is 0.496 e. The SMILES string of the molecule is C=Cc1ccc(CCl)cc1.C=Cc1ccc(CN(C)P(=N[P+](N=P(C)(C)C)(N=P(C)(N(C)C)N(C)C)N=P(C)(N(C)C)N(C)C)(N(C)C)N(C)C)cc1.CNP(=N[P+](N=P(C)(C)C)(N=P(C)(N(C)C)N(C)C)N=P(C)(N(C)C)N(C)C)(N(C)C)N(C)C.[I-]. The molecule has 0 fully saturated rings. The van der Waals surface area contributed by atoms with Crippen LogP contribution in [0.5, 0.6) is 0 Å². The Morgan fingerprint density at radius 1 is 0.375 bits per heavy atom. The van der Waals surface area contributed by atoms with E-state index in [1.54, 1.807) is 0 Å². The Kier molecular flexibility index (Phi) is 39.1. The van der Waals surface area contributed by atoms with E-state index < -0.39 is 74.3 Å². The van der Waals surface area contributed by atoms with Crippen LogP contribution in [0.1, 0.15) is 22.3 Å². The Morgan fingerprint density at radius 3 is 0.818 bits per heavy atom. The van der Waals surface area contributed by atoms with Crippen LogP contribution in [0.4, 0.5) is 0 Å². The summed E-state index contributed by atoms with van der Waals surface area (Å²) in [5.74, 6) is 0.581. The summed E-state index contributed by atoms with van der Waals surface area (Å²) in [6.07, 6.45) is 3.70. The fourth-order valence-corrected chi connectivity index (χ4v) is 44.9. The summed E-state index contributed by atoms with van der Waals surface area (Å²) in [6.45, 7) is 30.7. The molecule has 0 saturated heterocycles. The highest BCUT2D eigenvalue weighted by Crippen LogP contribution is 2.85. The quantitative estimate of drug-likeness (QED) is 0.0513. The summed E-state index contributed by atoms with van der Waals surface area (Å²) in [7, 11) is 31.7. The zero-order valence-electron chi connectivity index (χ0n) is 61.7. The van der Waals surface area contributed by atoms with Crippen LogP contribution in [0, 0.1) is 0 Å². The van der Waals surface area contributed by atoms with Crippen molar-refractivity contribution >= 4 is 98.0 Å². The summed E-state index contributed by atoms with van der Waals surface area (Å²) in [6, 6.07) is 16.6. The molecule has 0 aromatic heterocycles. The van der Waals surface area contributed by atoms with E-state index in [1.165, 1.54) is 5.56 Å². The van der Waals surface area contributed by atoms with E-state index in [-0.39, 0.29) is 24.0 Å². The smallest absolute Gasteiger partial charge is 0.496 e. The number of hydrogen-bond acceptors (Lipinski definition) is 8. The second-order valence-electron chi connectivity index (χ2n) is 25.5. The maximum atomic E-state index is 6.01. The largest absolute Gasteiger partial charge is 1.00 e. The van der Waals surface area contributed by atoms with Crippen LogP contribution >= 0.6 is 85.9 Å². The van der Waals surface area contributed by atoms with E-state index >= 15 is 0 Å². The van der Waals surface area contributed by atoms with Crippen molar-refractivity contribution in [3.63, 3.8) is 0 Å². The summed E-state index contributed by atoms with van der Waals surface area (Å²) in [5, 5.41) is 3.57. The molecule has 2 aromatic rings. The predicted octanol–water partition coefficient (Wildman–Crippen LogP) is 13.9. The van der Waals surface area contributed by atoms with E-state index in [9.17, 15) is 0 Å². The molecule has 0 heterocycles. The first-order chi connectivity index (χ1) is 39.3. The van der Waals surface area contributed by atoms with Crippen LogP contribution in [0.3, 0.4) is 0 Å². The van der Waals surface area contributed by atoms with E-state index in [0.29, 0.717) is 5.88 Å². The first-order valence-electron chi connectivity index (χ1n) is 28.5. The number of hydrogen-bond donors (Lipinski definition) is 1. The fraction of sp³-hybridized carbons (Fsp3) is 0.704. The van der Waals surface area contributed by atoms with Crippen molar-refractivity contribution in [2.24, 2.45) is 36.1 Å². The highest BCUT2D eigenvalue weighted by molar-refractivity contribution is 7.89. The molecule has 0 saturated carbocycles. The Balaban J connectivity index is 0. The van der Waals surface area contributed by atoms with Crippen molar-refractivity contribution in [3.05, 3.63) is 83.9 Å². The lowest BCUT2D eigenvalue weighted by Gasteiger charge is -2.42. The van der Waals surface area contributed by atoms with E-state index in [2.05, 4.69) is 346 Å². The van der Waals surface area contributed by atoms with Gasteiger partial charge in [0.1, 0.15) is 29.4 Å². The number of nitrogens with one attached hydrogen (secondary N) is 1. The van der Waals surface area contributed by atoms with Crippen molar-refractivity contribution in [1.29, 1.82) is 0 Å². The molecule has 34 heteroatoms. The van der Waals surface area contributed by atoms with Crippen molar-refractivity contribution in [2.75, 3.05) is 250 Å². The second-order valence-corrected chi connectivity index (χ2v) is 61.3. The summed E-state index contributed by atoms with van der Waals surface area (Å²) in [5.41, 5.74) is 4.60. The van der Waals surface area contributed by atoms with Crippen LogP contribution in [-0.2, 0) is 12.4 Å². The van der Waals surface area contributed by atoms with Crippen LogP contribution < -0.4 is 29.1 Å². The van der Waals surface area contributed by atoms with E-state index in [4.69, 9.17) is 47.7 Å². The summed E-state index contributed by atoms with van der Waals surface area (Å²) < 4.78 is 75.3. The molecule has 88 heavy (non-hydrogen) atoms. The average molecular weight is 1560 g/mol.